The smallest absolute Gasteiger partial charge is 0.226 e. The first kappa shape index (κ1) is 14.7. The van der Waals surface area contributed by atoms with Gasteiger partial charge in [0.15, 0.2) is 0 Å². The van der Waals surface area contributed by atoms with Crippen LogP contribution in [0.1, 0.15) is 33.6 Å². The Balaban J connectivity index is 2.59. The van der Waals surface area contributed by atoms with Gasteiger partial charge in [-0.2, -0.15) is 4.98 Å². The van der Waals surface area contributed by atoms with Crippen molar-refractivity contribution >= 4 is 5.95 Å². The summed E-state index contributed by atoms with van der Waals surface area (Å²) in [6, 6.07) is 1.97. The first-order valence-electron chi connectivity index (χ1n) is 6.58. The van der Waals surface area contributed by atoms with E-state index in [9.17, 15) is 0 Å². The Labute approximate surface area is 109 Å². The van der Waals surface area contributed by atoms with Gasteiger partial charge in [0.05, 0.1) is 6.61 Å². The zero-order valence-corrected chi connectivity index (χ0v) is 11.5. The lowest BCUT2D eigenvalue weighted by Gasteiger charge is -2.18. The number of nitrogens with one attached hydrogen (secondary N) is 1. The quantitative estimate of drug-likeness (QED) is 0.740. The van der Waals surface area contributed by atoms with Crippen molar-refractivity contribution in [3.63, 3.8) is 0 Å². The summed E-state index contributed by atoms with van der Waals surface area (Å²) in [6.07, 6.45) is 3.66. The zero-order chi connectivity index (χ0) is 13.4. The predicted molar refractivity (Wildman–Crippen MR) is 73.7 cm³/mol. The number of nitrogens with zero attached hydrogens (tertiary/aromatic N) is 2. The van der Waals surface area contributed by atoms with Crippen LogP contribution in [0.5, 0.6) is 5.88 Å². The van der Waals surface area contributed by atoms with Crippen LogP contribution in [0, 0.1) is 5.92 Å². The normalized spacial score (nSPS) is 12.5. The highest BCUT2D eigenvalue weighted by Crippen LogP contribution is 2.12. The molecule has 1 aromatic rings. The Kier molecular flexibility index (Phi) is 6.43. The Bertz CT molecular complexity index is 344. The highest BCUT2D eigenvalue weighted by Gasteiger charge is 2.10. The van der Waals surface area contributed by atoms with E-state index in [0.29, 0.717) is 30.9 Å². The van der Waals surface area contributed by atoms with Crippen LogP contribution in [0.3, 0.4) is 0 Å². The zero-order valence-electron chi connectivity index (χ0n) is 11.5. The van der Waals surface area contributed by atoms with Crippen molar-refractivity contribution in [2.45, 2.75) is 39.7 Å². The molecule has 1 atom stereocenters. The molecule has 0 saturated heterocycles. The minimum atomic E-state index is 0.200. The molecular weight excluding hydrogens is 228 g/mol. The maximum Gasteiger partial charge on any atom is 0.226 e. The topological polar surface area (TPSA) is 73.1 Å². The number of aromatic nitrogens is 2. The largest absolute Gasteiger partial charge is 0.478 e. The van der Waals surface area contributed by atoms with Crippen molar-refractivity contribution in [3.05, 3.63) is 12.3 Å². The van der Waals surface area contributed by atoms with Crippen LogP contribution in [0.25, 0.3) is 0 Å². The third kappa shape index (κ3) is 5.31. The van der Waals surface area contributed by atoms with Gasteiger partial charge in [0.25, 0.3) is 0 Å². The van der Waals surface area contributed by atoms with Gasteiger partial charge < -0.3 is 15.8 Å². The molecule has 5 heteroatoms. The Hall–Kier alpha value is -1.36. The minimum Gasteiger partial charge on any atom is -0.478 e. The molecule has 0 spiro atoms. The Morgan fingerprint density at radius 2 is 2.22 bits per heavy atom. The Morgan fingerprint density at radius 1 is 1.44 bits per heavy atom. The molecule has 0 saturated carbocycles. The molecule has 0 amide bonds. The van der Waals surface area contributed by atoms with E-state index in [0.717, 1.165) is 12.8 Å². The van der Waals surface area contributed by atoms with Gasteiger partial charge in [-0.15, -0.1) is 0 Å². The second-order valence-corrected chi connectivity index (χ2v) is 4.77. The second kappa shape index (κ2) is 7.87. The lowest BCUT2D eigenvalue weighted by Crippen LogP contribution is -2.31. The molecule has 0 aliphatic heterocycles. The van der Waals surface area contributed by atoms with Crippen LogP contribution in [0.4, 0.5) is 5.95 Å². The molecule has 0 aromatic carbocycles. The monoisotopic (exact) mass is 252 g/mol. The van der Waals surface area contributed by atoms with Crippen molar-refractivity contribution in [1.29, 1.82) is 0 Å². The summed E-state index contributed by atoms with van der Waals surface area (Å²) in [4.78, 5) is 8.49. The van der Waals surface area contributed by atoms with Gasteiger partial charge in [-0.1, -0.05) is 20.8 Å². The van der Waals surface area contributed by atoms with E-state index < -0.39 is 0 Å². The van der Waals surface area contributed by atoms with Gasteiger partial charge in [-0.25, -0.2) is 4.98 Å². The standard InChI is InChI=1S/C13H24N4O/c1-4-7-18-12-5-6-15-13(17-12)16-11(9-14)8-10(2)3/h5-6,10-11H,4,7-9,14H2,1-3H3,(H,15,16,17). The molecule has 18 heavy (non-hydrogen) atoms. The van der Waals surface area contributed by atoms with Crippen LogP contribution in [-0.4, -0.2) is 29.2 Å². The molecule has 0 fully saturated rings. The third-order valence-electron chi connectivity index (χ3n) is 2.46. The molecule has 1 unspecified atom stereocenters. The highest BCUT2D eigenvalue weighted by molar-refractivity contribution is 5.29. The second-order valence-electron chi connectivity index (χ2n) is 4.77. The molecule has 0 aliphatic rings. The number of hydrogen-bond acceptors (Lipinski definition) is 5. The van der Waals surface area contributed by atoms with E-state index in [4.69, 9.17) is 10.5 Å². The highest BCUT2D eigenvalue weighted by atomic mass is 16.5. The molecular formula is C13H24N4O. The molecule has 0 bridgehead atoms. The summed E-state index contributed by atoms with van der Waals surface area (Å²) in [6.45, 7) is 7.65. The summed E-state index contributed by atoms with van der Waals surface area (Å²) in [5.74, 6) is 1.78. The molecule has 1 heterocycles. The van der Waals surface area contributed by atoms with Crippen LogP contribution < -0.4 is 15.8 Å². The van der Waals surface area contributed by atoms with Crippen molar-refractivity contribution in [2.75, 3.05) is 18.5 Å². The predicted octanol–water partition coefficient (Wildman–Crippen LogP) is 2.05. The average Bonchev–Trinajstić information content (AvgIpc) is 2.35. The lowest BCUT2D eigenvalue weighted by molar-refractivity contribution is 0.305. The van der Waals surface area contributed by atoms with Gasteiger partial charge in [-0.05, 0) is 18.8 Å². The SMILES string of the molecule is CCCOc1ccnc(NC(CN)CC(C)C)n1. The first-order valence-corrected chi connectivity index (χ1v) is 6.58. The van der Waals surface area contributed by atoms with Crippen LogP contribution >= 0.6 is 0 Å². The Morgan fingerprint density at radius 3 is 2.83 bits per heavy atom. The summed E-state index contributed by atoms with van der Waals surface area (Å²) >= 11 is 0. The number of nitrogens with two attached hydrogens (primary N) is 1. The maximum atomic E-state index is 5.74. The van der Waals surface area contributed by atoms with E-state index in [1.54, 1.807) is 12.3 Å². The van der Waals surface area contributed by atoms with Gasteiger partial charge in [0, 0.05) is 24.8 Å². The lowest BCUT2D eigenvalue weighted by atomic mass is 10.0. The molecule has 1 rings (SSSR count). The van der Waals surface area contributed by atoms with Crippen molar-refractivity contribution in [3.8, 4) is 5.88 Å². The maximum absolute atomic E-state index is 5.74. The van der Waals surface area contributed by atoms with Gasteiger partial charge in [-0.3, -0.25) is 0 Å². The summed E-state index contributed by atoms with van der Waals surface area (Å²) in [5.41, 5.74) is 5.74. The molecule has 102 valence electrons. The number of rotatable bonds is 8. The van der Waals surface area contributed by atoms with Crippen molar-refractivity contribution in [2.24, 2.45) is 11.7 Å². The molecule has 1 aromatic heterocycles. The fourth-order valence-corrected chi connectivity index (χ4v) is 1.66. The summed E-state index contributed by atoms with van der Waals surface area (Å²) in [5, 5.41) is 3.25. The molecule has 0 aliphatic carbocycles. The van der Waals surface area contributed by atoms with E-state index in [-0.39, 0.29) is 6.04 Å². The molecule has 5 nitrogen and oxygen atoms in total. The minimum absolute atomic E-state index is 0.200. The van der Waals surface area contributed by atoms with Gasteiger partial charge >= 0.3 is 0 Å². The van der Waals surface area contributed by atoms with E-state index in [2.05, 4.69) is 36.1 Å². The van der Waals surface area contributed by atoms with Crippen molar-refractivity contribution in [1.82, 2.24) is 9.97 Å². The van der Waals surface area contributed by atoms with Gasteiger partial charge in [0.1, 0.15) is 0 Å². The fraction of sp³-hybridized carbons (Fsp3) is 0.692. The number of anilines is 1. The van der Waals surface area contributed by atoms with E-state index in [1.165, 1.54) is 0 Å². The average molecular weight is 252 g/mol. The van der Waals surface area contributed by atoms with E-state index in [1.807, 2.05) is 0 Å². The fourth-order valence-electron chi connectivity index (χ4n) is 1.66. The number of ether oxygens (including phenoxy) is 1. The number of hydrogen-bond donors (Lipinski definition) is 2. The van der Waals surface area contributed by atoms with E-state index >= 15 is 0 Å². The van der Waals surface area contributed by atoms with Gasteiger partial charge in [0.2, 0.25) is 11.8 Å². The van der Waals surface area contributed by atoms with Crippen LogP contribution in [0.15, 0.2) is 12.3 Å². The van der Waals surface area contributed by atoms with Crippen LogP contribution in [0.2, 0.25) is 0 Å². The van der Waals surface area contributed by atoms with Crippen molar-refractivity contribution < 1.29 is 4.74 Å². The molecule has 0 radical (unpaired) electrons. The first-order chi connectivity index (χ1) is 8.65. The molecule has 3 N–H and O–H groups in total. The summed E-state index contributed by atoms with van der Waals surface area (Å²) < 4.78 is 5.47. The van der Waals surface area contributed by atoms with Crippen LogP contribution in [-0.2, 0) is 0 Å². The third-order valence-corrected chi connectivity index (χ3v) is 2.46. The summed E-state index contributed by atoms with van der Waals surface area (Å²) in [7, 11) is 0.